The van der Waals surface area contributed by atoms with Crippen molar-refractivity contribution in [1.82, 2.24) is 29.6 Å². The quantitative estimate of drug-likeness (QED) is 0.615. The number of carbonyl (C=O) groups excluding carboxylic acids is 1. The van der Waals surface area contributed by atoms with Crippen LogP contribution in [0.25, 0.3) is 11.0 Å². The molecule has 30 heavy (non-hydrogen) atoms. The summed E-state index contributed by atoms with van der Waals surface area (Å²) in [6.45, 7) is 5.32. The van der Waals surface area contributed by atoms with Crippen LogP contribution in [0.15, 0.2) is 24.7 Å². The summed E-state index contributed by atoms with van der Waals surface area (Å²) < 4.78 is 22.4. The van der Waals surface area contributed by atoms with Crippen LogP contribution in [-0.4, -0.2) is 60.9 Å². The van der Waals surface area contributed by atoms with Gasteiger partial charge >= 0.3 is 0 Å². The van der Waals surface area contributed by atoms with E-state index in [9.17, 15) is 9.18 Å². The number of ether oxygens (including phenoxy) is 1. The summed E-state index contributed by atoms with van der Waals surface area (Å²) in [7, 11) is 0. The van der Waals surface area contributed by atoms with Gasteiger partial charge in [0.15, 0.2) is 0 Å². The lowest BCUT2D eigenvalue weighted by atomic mass is 10.1. The van der Waals surface area contributed by atoms with Crippen molar-refractivity contribution in [3.63, 3.8) is 0 Å². The average Bonchev–Trinajstić information content (AvgIpc) is 3.39. The van der Waals surface area contributed by atoms with Crippen LogP contribution in [-0.2, 0) is 11.3 Å². The van der Waals surface area contributed by atoms with Gasteiger partial charge < -0.3 is 19.9 Å². The van der Waals surface area contributed by atoms with Gasteiger partial charge in [-0.2, -0.15) is 15.1 Å². The highest BCUT2D eigenvalue weighted by molar-refractivity contribution is 5.82. The molecule has 0 spiro atoms. The lowest BCUT2D eigenvalue weighted by molar-refractivity contribution is -0.135. The molecule has 4 rings (SSSR count). The molecule has 1 saturated heterocycles. The first-order valence-electron chi connectivity index (χ1n) is 10.3. The zero-order valence-electron chi connectivity index (χ0n) is 17.1. The summed E-state index contributed by atoms with van der Waals surface area (Å²) >= 11 is 0. The van der Waals surface area contributed by atoms with Crippen LogP contribution < -0.4 is 10.1 Å². The third kappa shape index (κ3) is 4.22. The molecule has 10 heteroatoms. The van der Waals surface area contributed by atoms with E-state index in [1.807, 2.05) is 20.0 Å². The molecule has 1 aliphatic rings. The second-order valence-corrected chi connectivity index (χ2v) is 7.35. The molecule has 9 nitrogen and oxygen atoms in total. The summed E-state index contributed by atoms with van der Waals surface area (Å²) in [6.07, 6.45) is 4.79. The van der Waals surface area contributed by atoms with Crippen LogP contribution >= 0.6 is 0 Å². The number of nitrogens with zero attached hydrogens (tertiary/aromatic N) is 5. The zero-order chi connectivity index (χ0) is 21.1. The van der Waals surface area contributed by atoms with Gasteiger partial charge in [-0.3, -0.25) is 9.48 Å². The van der Waals surface area contributed by atoms with Gasteiger partial charge in [-0.25, -0.2) is 4.39 Å². The summed E-state index contributed by atoms with van der Waals surface area (Å²) in [4.78, 5) is 25.9. The van der Waals surface area contributed by atoms with Crippen LogP contribution in [0, 0.1) is 0 Å². The molecule has 2 N–H and O–H groups in total. The molecule has 4 heterocycles. The monoisotopic (exact) mass is 415 g/mol. The fourth-order valence-electron chi connectivity index (χ4n) is 3.53. The maximum absolute atomic E-state index is 14.6. The summed E-state index contributed by atoms with van der Waals surface area (Å²) in [5.74, 6) is 0.632. The Bertz CT molecular complexity index is 1020. The van der Waals surface area contributed by atoms with Crippen LogP contribution in [0.5, 0.6) is 5.88 Å². The van der Waals surface area contributed by atoms with E-state index in [1.54, 1.807) is 28.0 Å². The number of piperidine rings is 1. The Morgan fingerprint density at radius 3 is 3.03 bits per heavy atom. The molecular weight excluding hydrogens is 389 g/mol. The molecule has 1 amide bonds. The van der Waals surface area contributed by atoms with Crippen molar-refractivity contribution >= 4 is 28.6 Å². The zero-order valence-corrected chi connectivity index (χ0v) is 17.1. The van der Waals surface area contributed by atoms with Crippen molar-refractivity contribution in [1.29, 1.82) is 0 Å². The number of aromatic nitrogens is 5. The number of hydrogen-bond donors (Lipinski definition) is 2. The minimum atomic E-state index is -1.17. The van der Waals surface area contributed by atoms with Gasteiger partial charge in [0, 0.05) is 31.9 Å². The van der Waals surface area contributed by atoms with E-state index in [0.717, 1.165) is 18.7 Å². The Morgan fingerprint density at radius 2 is 2.27 bits per heavy atom. The Morgan fingerprint density at radius 1 is 1.40 bits per heavy atom. The van der Waals surface area contributed by atoms with Crippen LogP contribution in [0.3, 0.4) is 0 Å². The van der Waals surface area contributed by atoms with Crippen LogP contribution in [0.1, 0.15) is 33.1 Å². The van der Waals surface area contributed by atoms with Crippen molar-refractivity contribution in [2.75, 3.05) is 18.4 Å². The van der Waals surface area contributed by atoms with E-state index in [4.69, 9.17) is 4.74 Å². The van der Waals surface area contributed by atoms with Crippen molar-refractivity contribution in [3.05, 3.63) is 24.7 Å². The van der Waals surface area contributed by atoms with Gasteiger partial charge in [0.25, 0.3) is 0 Å². The molecule has 0 aliphatic carbocycles. The number of anilines is 2. The lowest BCUT2D eigenvalue weighted by Crippen LogP contribution is -2.50. The van der Waals surface area contributed by atoms with E-state index in [-0.39, 0.29) is 24.8 Å². The highest BCUT2D eigenvalue weighted by Gasteiger charge is 2.33. The van der Waals surface area contributed by atoms with Crippen molar-refractivity contribution in [2.45, 2.75) is 51.9 Å². The number of halogens is 1. The summed E-state index contributed by atoms with van der Waals surface area (Å²) in [5.41, 5.74) is 1.32. The molecule has 2 atom stereocenters. The number of aromatic amines is 1. The minimum Gasteiger partial charge on any atom is -0.469 e. The topological polar surface area (TPSA) is 101 Å². The number of aryl methyl sites for hydroxylation is 1. The Labute approximate surface area is 173 Å². The number of nitrogens with one attached hydrogen (secondary N) is 2. The van der Waals surface area contributed by atoms with Gasteiger partial charge in [-0.15, -0.1) is 0 Å². The van der Waals surface area contributed by atoms with Crippen LogP contribution in [0.4, 0.5) is 16.0 Å². The second kappa shape index (κ2) is 8.68. The first-order chi connectivity index (χ1) is 14.6. The van der Waals surface area contributed by atoms with Crippen molar-refractivity contribution in [3.8, 4) is 5.88 Å². The first kappa shape index (κ1) is 20.1. The number of fused-ring (bicyclic) bond motifs is 1. The maximum atomic E-state index is 14.6. The normalized spacial score (nSPS) is 19.2. The highest BCUT2D eigenvalue weighted by atomic mass is 19.1. The summed E-state index contributed by atoms with van der Waals surface area (Å²) in [5, 5.41) is 7.99. The summed E-state index contributed by atoms with van der Waals surface area (Å²) in [6, 6.07) is 1.79. The smallest absolute Gasteiger partial charge is 0.232 e. The molecule has 0 bridgehead atoms. The molecule has 1 fully saturated rings. The molecule has 0 radical (unpaired) electrons. The third-order valence-electron chi connectivity index (χ3n) is 5.15. The number of amides is 1. The largest absolute Gasteiger partial charge is 0.469 e. The van der Waals surface area contributed by atoms with Crippen molar-refractivity contribution < 1.29 is 13.9 Å². The predicted octanol–water partition coefficient (Wildman–Crippen LogP) is 3.04. The van der Waals surface area contributed by atoms with Crippen LogP contribution in [0.2, 0.25) is 0 Å². The standard InChI is InChI=1S/C20H26FN7O2/c1-3-5-17(29)27-9-7-15(21)16(12-27)30-19-14-6-8-22-18(14)25-20(26-19)24-13-10-23-28(4-2)11-13/h6,8,10-11,15-16H,3-5,7,9,12H2,1-2H3,(H2,22,24,25,26)/t15-,16+/m1/s1. The SMILES string of the molecule is CCCC(=O)N1CC[C@@H](F)[C@@H](Oc2nc(Nc3cnn(CC)c3)nc3[nH]ccc23)C1. The maximum Gasteiger partial charge on any atom is 0.232 e. The fraction of sp³-hybridized carbons (Fsp3) is 0.500. The van der Waals surface area contributed by atoms with E-state index in [1.165, 1.54) is 0 Å². The molecule has 0 saturated carbocycles. The van der Waals surface area contributed by atoms with Crippen molar-refractivity contribution in [2.24, 2.45) is 0 Å². The average molecular weight is 415 g/mol. The molecule has 3 aromatic rings. The fourth-order valence-corrected chi connectivity index (χ4v) is 3.53. The molecule has 3 aromatic heterocycles. The minimum absolute atomic E-state index is 0.0303. The number of H-pyrrole nitrogens is 1. The predicted molar refractivity (Wildman–Crippen MR) is 110 cm³/mol. The number of hydrogen-bond acceptors (Lipinski definition) is 6. The Kier molecular flexibility index (Phi) is 5.82. The number of rotatable bonds is 7. The second-order valence-electron chi connectivity index (χ2n) is 7.35. The van der Waals surface area contributed by atoms with E-state index >= 15 is 0 Å². The van der Waals surface area contributed by atoms with Gasteiger partial charge in [-0.1, -0.05) is 6.92 Å². The van der Waals surface area contributed by atoms with E-state index < -0.39 is 12.3 Å². The Hall–Kier alpha value is -3.17. The Balaban J connectivity index is 1.56. The first-order valence-corrected chi connectivity index (χ1v) is 10.3. The number of likely N-dealkylation sites (tertiary alicyclic amines) is 1. The van der Waals surface area contributed by atoms with E-state index in [2.05, 4.69) is 25.4 Å². The van der Waals surface area contributed by atoms with Gasteiger partial charge in [0.1, 0.15) is 17.9 Å². The molecular formula is C20H26FN7O2. The molecule has 160 valence electrons. The highest BCUT2D eigenvalue weighted by Crippen LogP contribution is 2.28. The molecule has 0 unspecified atom stereocenters. The lowest BCUT2D eigenvalue weighted by Gasteiger charge is -2.35. The van der Waals surface area contributed by atoms with E-state index in [0.29, 0.717) is 29.9 Å². The van der Waals surface area contributed by atoms with Gasteiger partial charge in [-0.05, 0) is 25.8 Å². The van der Waals surface area contributed by atoms with Gasteiger partial charge in [0.2, 0.25) is 17.7 Å². The molecule has 0 aromatic carbocycles. The number of carbonyl (C=O) groups is 1. The van der Waals surface area contributed by atoms with Gasteiger partial charge in [0.05, 0.1) is 23.8 Å². The molecule has 1 aliphatic heterocycles. The third-order valence-corrected chi connectivity index (χ3v) is 5.15. The number of alkyl halides is 1.